The van der Waals surface area contributed by atoms with Crippen LogP contribution < -0.4 is 0 Å². The molecule has 0 radical (unpaired) electrons. The van der Waals surface area contributed by atoms with Gasteiger partial charge in [-0.05, 0) is 12.1 Å². The van der Waals surface area contributed by atoms with Crippen LogP contribution in [0.2, 0.25) is 0 Å². The zero-order chi connectivity index (χ0) is 10.2. The second-order valence-electron chi connectivity index (χ2n) is 2.67. The molecule has 0 N–H and O–H groups in total. The number of thiophene rings is 1. The molecule has 1 saturated heterocycles. The van der Waals surface area contributed by atoms with Crippen LogP contribution in [0.25, 0.3) is 0 Å². The van der Waals surface area contributed by atoms with Gasteiger partial charge in [0.2, 0.25) is 0 Å². The van der Waals surface area contributed by atoms with E-state index in [4.69, 9.17) is 20.2 Å². The molecule has 1 fully saturated rings. The molecule has 0 saturated carbocycles. The normalized spacial score (nSPS) is 18.9. The maximum absolute atomic E-state index is 11.0. The lowest BCUT2D eigenvalue weighted by Gasteiger charge is -2.04. The predicted molar refractivity (Wildman–Crippen MR) is 52.0 cm³/mol. The van der Waals surface area contributed by atoms with Crippen LogP contribution >= 0.6 is 22.0 Å². The lowest BCUT2D eigenvalue weighted by molar-refractivity contribution is -0.0413. The van der Waals surface area contributed by atoms with Crippen LogP contribution in [0.3, 0.4) is 0 Å². The second kappa shape index (κ2) is 3.79. The van der Waals surface area contributed by atoms with Crippen LogP contribution in [0, 0.1) is 0 Å². The molecule has 7 heteroatoms. The highest BCUT2D eigenvalue weighted by atomic mass is 35.7. The molecule has 2 heterocycles. The zero-order valence-corrected chi connectivity index (χ0v) is 9.36. The van der Waals surface area contributed by atoms with Crippen molar-refractivity contribution in [2.45, 2.75) is 10.5 Å². The van der Waals surface area contributed by atoms with Crippen LogP contribution in [-0.4, -0.2) is 21.6 Å². The van der Waals surface area contributed by atoms with E-state index in [-0.39, 0.29) is 4.21 Å². The van der Waals surface area contributed by atoms with Gasteiger partial charge in [0, 0.05) is 10.7 Å². The Morgan fingerprint density at radius 3 is 2.50 bits per heavy atom. The van der Waals surface area contributed by atoms with Crippen molar-refractivity contribution in [3.05, 3.63) is 17.0 Å². The van der Waals surface area contributed by atoms with Gasteiger partial charge in [-0.25, -0.2) is 8.42 Å². The van der Waals surface area contributed by atoms with Gasteiger partial charge in [-0.15, -0.1) is 11.3 Å². The van der Waals surface area contributed by atoms with Crippen molar-refractivity contribution in [3.63, 3.8) is 0 Å². The Labute approximate surface area is 89.8 Å². The molecule has 14 heavy (non-hydrogen) atoms. The fraction of sp³-hybridized carbons (Fsp3) is 0.429. The van der Waals surface area contributed by atoms with E-state index in [1.54, 1.807) is 6.07 Å². The van der Waals surface area contributed by atoms with Crippen molar-refractivity contribution < 1.29 is 17.9 Å². The van der Waals surface area contributed by atoms with Gasteiger partial charge in [0.05, 0.1) is 18.1 Å². The lowest BCUT2D eigenvalue weighted by Crippen LogP contribution is -1.93. The molecular weight excluding hydrogens is 248 g/mol. The molecule has 4 nitrogen and oxygen atoms in total. The smallest absolute Gasteiger partial charge is 0.270 e. The summed E-state index contributed by atoms with van der Waals surface area (Å²) in [6, 6.07) is 3.10. The van der Waals surface area contributed by atoms with E-state index in [1.807, 2.05) is 0 Å². The first kappa shape index (κ1) is 10.4. The first-order valence-electron chi connectivity index (χ1n) is 3.85. The fourth-order valence-electron chi connectivity index (χ4n) is 1.11. The molecule has 1 aromatic rings. The molecule has 78 valence electrons. The Balaban J connectivity index is 2.25. The standard InChI is InChI=1S/C7H7ClO4S2/c8-14(9,10)6-2-1-5(13-6)7-11-3-4-12-7/h1-2,7H,3-4H2. The van der Waals surface area contributed by atoms with Gasteiger partial charge in [0.25, 0.3) is 9.05 Å². The number of hydrogen-bond acceptors (Lipinski definition) is 5. The summed E-state index contributed by atoms with van der Waals surface area (Å²) >= 11 is 1.07. The molecule has 0 bridgehead atoms. The quantitative estimate of drug-likeness (QED) is 0.754. The van der Waals surface area contributed by atoms with E-state index < -0.39 is 15.3 Å². The summed E-state index contributed by atoms with van der Waals surface area (Å²) in [5, 5.41) is 0. The summed E-state index contributed by atoms with van der Waals surface area (Å²) in [6.45, 7) is 1.07. The van der Waals surface area contributed by atoms with E-state index in [0.29, 0.717) is 13.2 Å². The highest BCUT2D eigenvalue weighted by Crippen LogP contribution is 2.32. The lowest BCUT2D eigenvalue weighted by atomic mass is 10.5. The molecular formula is C7H7ClO4S2. The molecule has 0 spiro atoms. The van der Waals surface area contributed by atoms with Gasteiger partial charge in [-0.1, -0.05) is 0 Å². The molecule has 0 atom stereocenters. The van der Waals surface area contributed by atoms with Gasteiger partial charge in [-0.2, -0.15) is 0 Å². The highest BCUT2D eigenvalue weighted by molar-refractivity contribution is 8.15. The van der Waals surface area contributed by atoms with Gasteiger partial charge in [0.1, 0.15) is 4.21 Å². The van der Waals surface area contributed by atoms with Crippen LogP contribution in [0.15, 0.2) is 16.3 Å². The number of hydrogen-bond donors (Lipinski definition) is 0. The maximum Gasteiger partial charge on any atom is 0.270 e. The Hall–Kier alpha value is -0.140. The molecule has 0 unspecified atom stereocenters. The van der Waals surface area contributed by atoms with Crippen molar-refractivity contribution in [3.8, 4) is 0 Å². The predicted octanol–water partition coefficient (Wildman–Crippen LogP) is 1.72. The van der Waals surface area contributed by atoms with Gasteiger partial charge >= 0.3 is 0 Å². The maximum atomic E-state index is 11.0. The summed E-state index contributed by atoms with van der Waals surface area (Å²) in [6.07, 6.45) is -0.438. The monoisotopic (exact) mass is 254 g/mol. The van der Waals surface area contributed by atoms with Crippen molar-refractivity contribution in [1.82, 2.24) is 0 Å². The largest absolute Gasteiger partial charge is 0.345 e. The number of rotatable bonds is 2. The summed E-state index contributed by atoms with van der Waals surface area (Å²) in [5.41, 5.74) is 0. The topological polar surface area (TPSA) is 52.6 Å². The minimum absolute atomic E-state index is 0.119. The van der Waals surface area contributed by atoms with Crippen molar-refractivity contribution in [2.75, 3.05) is 13.2 Å². The SMILES string of the molecule is O=S(=O)(Cl)c1ccc(C2OCCO2)s1. The van der Waals surface area contributed by atoms with E-state index in [0.717, 1.165) is 16.2 Å². The molecule has 0 amide bonds. The third kappa shape index (κ3) is 2.09. The van der Waals surface area contributed by atoms with Crippen LogP contribution in [0.4, 0.5) is 0 Å². The Kier molecular flexibility index (Phi) is 2.81. The van der Waals surface area contributed by atoms with Gasteiger partial charge < -0.3 is 9.47 Å². The molecule has 1 aliphatic rings. The highest BCUT2D eigenvalue weighted by Gasteiger charge is 2.22. The first-order valence-corrected chi connectivity index (χ1v) is 6.97. The first-order chi connectivity index (χ1) is 6.57. The van der Waals surface area contributed by atoms with E-state index in [2.05, 4.69) is 0 Å². The number of halogens is 1. The van der Waals surface area contributed by atoms with Crippen LogP contribution in [0.5, 0.6) is 0 Å². The Morgan fingerprint density at radius 2 is 2.00 bits per heavy atom. The van der Waals surface area contributed by atoms with Crippen LogP contribution in [0.1, 0.15) is 11.2 Å². The minimum Gasteiger partial charge on any atom is -0.345 e. The summed E-state index contributed by atoms with van der Waals surface area (Å²) in [4.78, 5) is 0.724. The molecule has 0 aromatic carbocycles. The fourth-order valence-corrected chi connectivity index (χ4v) is 3.21. The second-order valence-corrected chi connectivity index (χ2v) is 6.58. The van der Waals surface area contributed by atoms with Crippen molar-refractivity contribution in [2.24, 2.45) is 0 Å². The van der Waals surface area contributed by atoms with E-state index in [9.17, 15) is 8.42 Å². The molecule has 1 aromatic heterocycles. The zero-order valence-electron chi connectivity index (χ0n) is 6.97. The minimum atomic E-state index is -3.63. The molecule has 1 aliphatic heterocycles. The average Bonchev–Trinajstić information content (AvgIpc) is 2.73. The van der Waals surface area contributed by atoms with Crippen molar-refractivity contribution >= 4 is 31.1 Å². The Morgan fingerprint density at radius 1 is 1.36 bits per heavy atom. The van der Waals surface area contributed by atoms with Gasteiger partial charge in [0.15, 0.2) is 6.29 Å². The van der Waals surface area contributed by atoms with Crippen molar-refractivity contribution in [1.29, 1.82) is 0 Å². The summed E-state index contributed by atoms with van der Waals surface area (Å²) in [5.74, 6) is 0. The third-order valence-corrected chi connectivity index (χ3v) is 4.90. The van der Waals surface area contributed by atoms with Gasteiger partial charge in [-0.3, -0.25) is 0 Å². The average molecular weight is 255 g/mol. The van der Waals surface area contributed by atoms with E-state index >= 15 is 0 Å². The Bertz CT molecular complexity index is 419. The summed E-state index contributed by atoms with van der Waals surface area (Å²) < 4.78 is 32.5. The number of ether oxygens (including phenoxy) is 2. The molecule has 2 rings (SSSR count). The van der Waals surface area contributed by atoms with Crippen LogP contribution in [-0.2, 0) is 18.5 Å². The summed E-state index contributed by atoms with van der Waals surface area (Å²) in [7, 11) is 1.55. The molecule has 0 aliphatic carbocycles. The van der Waals surface area contributed by atoms with E-state index in [1.165, 1.54) is 6.07 Å². The third-order valence-electron chi connectivity index (χ3n) is 1.70.